The van der Waals surface area contributed by atoms with Crippen LogP contribution in [-0.2, 0) is 19.6 Å². The number of carbonyl (C=O) groups is 2. The van der Waals surface area contributed by atoms with Crippen molar-refractivity contribution in [1.82, 2.24) is 9.62 Å². The maximum Gasteiger partial charge on any atom is 0.244 e. The maximum atomic E-state index is 13.6. The molecule has 4 aliphatic carbocycles. The number of sulfonamides is 1. The number of nitrogens with zero attached hydrogens (tertiary/aromatic N) is 1. The lowest BCUT2D eigenvalue weighted by Crippen LogP contribution is -2.65. The second-order valence-electron chi connectivity index (χ2n) is 10.7. The Morgan fingerprint density at radius 2 is 1.82 bits per heavy atom. The van der Waals surface area contributed by atoms with E-state index in [0.29, 0.717) is 29.3 Å². The van der Waals surface area contributed by atoms with Gasteiger partial charge in [0.1, 0.15) is 5.54 Å². The lowest BCUT2D eigenvalue weighted by molar-refractivity contribution is -0.148. The minimum Gasteiger partial charge on any atom is -0.369 e. The lowest BCUT2D eigenvalue weighted by Gasteiger charge is -2.59. The largest absolute Gasteiger partial charge is 0.369 e. The van der Waals surface area contributed by atoms with Crippen LogP contribution in [-0.4, -0.2) is 42.7 Å². The van der Waals surface area contributed by atoms with Gasteiger partial charge in [-0.1, -0.05) is 24.6 Å². The second-order valence-corrected chi connectivity index (χ2v) is 12.9. The molecule has 33 heavy (non-hydrogen) atoms. The Morgan fingerprint density at radius 1 is 1.21 bits per heavy atom. The van der Waals surface area contributed by atoms with E-state index in [2.05, 4.69) is 5.32 Å². The molecule has 4 saturated carbocycles. The van der Waals surface area contributed by atoms with Crippen LogP contribution >= 0.6 is 11.6 Å². The summed E-state index contributed by atoms with van der Waals surface area (Å²) >= 11 is 6.18. The average molecular weight is 496 g/mol. The molecule has 4 fully saturated rings. The highest BCUT2D eigenvalue weighted by molar-refractivity contribution is 7.89. The summed E-state index contributed by atoms with van der Waals surface area (Å²) in [5.74, 6) is 0.343. The SMILES string of the molecule is CCN(C(C)(C)C(=O)NC1C2CC3CC1CC(C(N)=O)(C3)C2)S(=O)(=O)c1cccc(Cl)c1C. The van der Waals surface area contributed by atoms with Crippen LogP contribution in [0.1, 0.15) is 58.4 Å². The number of hydrogen-bond donors (Lipinski definition) is 2. The lowest BCUT2D eigenvalue weighted by atomic mass is 9.47. The number of carbonyl (C=O) groups excluding carboxylic acids is 2. The number of nitrogens with two attached hydrogens (primary N) is 1. The van der Waals surface area contributed by atoms with E-state index >= 15 is 0 Å². The smallest absolute Gasteiger partial charge is 0.244 e. The Hall–Kier alpha value is -1.64. The molecule has 0 aromatic heterocycles. The highest BCUT2D eigenvalue weighted by Gasteiger charge is 2.58. The highest BCUT2D eigenvalue weighted by Crippen LogP contribution is 2.60. The molecule has 1 aromatic rings. The van der Waals surface area contributed by atoms with Gasteiger partial charge in [0.15, 0.2) is 0 Å². The molecule has 7 nitrogen and oxygen atoms in total. The van der Waals surface area contributed by atoms with E-state index in [1.807, 2.05) is 0 Å². The van der Waals surface area contributed by atoms with Crippen molar-refractivity contribution in [3.63, 3.8) is 0 Å². The van der Waals surface area contributed by atoms with Gasteiger partial charge in [-0.2, -0.15) is 4.31 Å². The Kier molecular flexibility index (Phi) is 6.11. The number of nitrogens with one attached hydrogen (secondary N) is 1. The molecule has 0 aliphatic heterocycles. The molecule has 2 atom stereocenters. The summed E-state index contributed by atoms with van der Waals surface area (Å²) in [6.07, 6.45) is 4.24. The molecule has 0 spiro atoms. The van der Waals surface area contributed by atoms with Crippen molar-refractivity contribution < 1.29 is 18.0 Å². The topological polar surface area (TPSA) is 110 Å². The van der Waals surface area contributed by atoms with Gasteiger partial charge in [-0.25, -0.2) is 8.42 Å². The first-order chi connectivity index (χ1) is 15.3. The number of rotatable bonds is 7. The van der Waals surface area contributed by atoms with Crippen LogP contribution in [0, 0.1) is 30.1 Å². The number of halogens is 1. The van der Waals surface area contributed by atoms with Gasteiger partial charge in [0, 0.05) is 23.0 Å². The summed E-state index contributed by atoms with van der Waals surface area (Å²) in [6, 6.07) is 4.71. The summed E-state index contributed by atoms with van der Waals surface area (Å²) < 4.78 is 28.4. The molecule has 1 aromatic carbocycles. The van der Waals surface area contributed by atoms with Crippen LogP contribution in [0.25, 0.3) is 0 Å². The number of primary amides is 1. The Bertz CT molecular complexity index is 1070. The normalized spacial score (nSPS) is 31.1. The van der Waals surface area contributed by atoms with Crippen LogP contribution in [0.5, 0.6) is 0 Å². The van der Waals surface area contributed by atoms with E-state index in [1.165, 1.54) is 10.4 Å². The summed E-state index contributed by atoms with van der Waals surface area (Å²) in [5, 5.41) is 3.57. The predicted octanol–water partition coefficient (Wildman–Crippen LogP) is 3.23. The van der Waals surface area contributed by atoms with Crippen molar-refractivity contribution in [2.75, 3.05) is 6.54 Å². The van der Waals surface area contributed by atoms with Crippen molar-refractivity contribution in [3.8, 4) is 0 Å². The molecule has 0 heterocycles. The molecule has 2 amide bonds. The molecule has 4 bridgehead atoms. The third kappa shape index (κ3) is 3.88. The first-order valence-corrected chi connectivity index (χ1v) is 13.5. The zero-order valence-corrected chi connectivity index (χ0v) is 21.3. The van der Waals surface area contributed by atoms with Crippen molar-refractivity contribution in [2.45, 2.75) is 76.3 Å². The second kappa shape index (κ2) is 8.24. The first-order valence-electron chi connectivity index (χ1n) is 11.7. The van der Waals surface area contributed by atoms with Crippen LogP contribution in [0.3, 0.4) is 0 Å². The summed E-state index contributed by atoms with van der Waals surface area (Å²) in [6.45, 7) is 6.82. The first kappa shape index (κ1) is 24.5. The molecule has 0 radical (unpaired) electrons. The van der Waals surface area contributed by atoms with E-state index in [-0.39, 0.29) is 41.1 Å². The van der Waals surface area contributed by atoms with Gasteiger partial charge in [-0.3, -0.25) is 9.59 Å². The van der Waals surface area contributed by atoms with Gasteiger partial charge in [-0.05, 0) is 88.3 Å². The fourth-order valence-corrected chi connectivity index (χ4v) is 9.09. The fourth-order valence-electron chi connectivity index (χ4n) is 6.85. The van der Waals surface area contributed by atoms with E-state index in [4.69, 9.17) is 17.3 Å². The molecular formula is C24H34ClN3O4S. The standard InChI is InChI=1S/C24H34ClN3O4S/c1-5-28(33(31,32)19-8-6-7-18(25)14(19)2)23(3,4)22(30)27-20-16-9-15-10-17(20)13-24(11-15,12-16)21(26)29/h6-8,15-17,20H,5,9-13H2,1-4H3,(H2,26,29)(H,27,30). The van der Waals surface area contributed by atoms with Gasteiger partial charge in [0.2, 0.25) is 21.8 Å². The van der Waals surface area contributed by atoms with Gasteiger partial charge < -0.3 is 11.1 Å². The molecule has 3 N–H and O–H groups in total. The molecule has 182 valence electrons. The number of benzene rings is 1. The number of amides is 2. The van der Waals surface area contributed by atoms with Crippen LogP contribution in [0.4, 0.5) is 0 Å². The molecule has 4 aliphatic rings. The third-order valence-electron chi connectivity index (χ3n) is 8.35. The van der Waals surface area contributed by atoms with E-state index in [9.17, 15) is 18.0 Å². The number of hydrogen-bond acceptors (Lipinski definition) is 4. The van der Waals surface area contributed by atoms with Crippen molar-refractivity contribution in [2.24, 2.45) is 28.9 Å². The van der Waals surface area contributed by atoms with Gasteiger partial charge in [0.25, 0.3) is 0 Å². The summed E-state index contributed by atoms with van der Waals surface area (Å²) in [5.41, 5.74) is 4.51. The zero-order chi connectivity index (χ0) is 24.3. The molecule has 0 saturated heterocycles. The van der Waals surface area contributed by atoms with Crippen molar-refractivity contribution in [1.29, 1.82) is 0 Å². The molecule has 9 heteroatoms. The maximum absolute atomic E-state index is 13.6. The minimum absolute atomic E-state index is 0.0601. The Labute approximate surface area is 201 Å². The van der Waals surface area contributed by atoms with Gasteiger partial charge in [0.05, 0.1) is 4.90 Å². The minimum atomic E-state index is -3.96. The van der Waals surface area contributed by atoms with Gasteiger partial charge >= 0.3 is 0 Å². The molecule has 5 rings (SSSR count). The summed E-state index contributed by atoms with van der Waals surface area (Å²) in [7, 11) is -3.96. The van der Waals surface area contributed by atoms with Gasteiger partial charge in [-0.15, -0.1) is 0 Å². The van der Waals surface area contributed by atoms with Crippen LogP contribution < -0.4 is 11.1 Å². The van der Waals surface area contributed by atoms with Crippen LogP contribution in [0.2, 0.25) is 5.02 Å². The van der Waals surface area contributed by atoms with Crippen molar-refractivity contribution >= 4 is 33.4 Å². The number of likely N-dealkylation sites (N-methyl/N-ethyl adjacent to an activating group) is 1. The van der Waals surface area contributed by atoms with E-state index in [0.717, 1.165) is 19.3 Å². The monoisotopic (exact) mass is 495 g/mol. The average Bonchev–Trinajstić information content (AvgIpc) is 2.71. The fraction of sp³-hybridized carbons (Fsp3) is 0.667. The highest BCUT2D eigenvalue weighted by atomic mass is 35.5. The Balaban J connectivity index is 1.58. The molecule has 2 unspecified atom stereocenters. The summed E-state index contributed by atoms with van der Waals surface area (Å²) in [4.78, 5) is 25.9. The predicted molar refractivity (Wildman–Crippen MR) is 127 cm³/mol. The Morgan fingerprint density at radius 3 is 2.36 bits per heavy atom. The quantitative estimate of drug-likeness (QED) is 0.605. The third-order valence-corrected chi connectivity index (χ3v) is 11.0. The van der Waals surface area contributed by atoms with E-state index in [1.54, 1.807) is 39.8 Å². The molecular weight excluding hydrogens is 462 g/mol. The van der Waals surface area contributed by atoms with Crippen LogP contribution in [0.15, 0.2) is 23.1 Å². The zero-order valence-electron chi connectivity index (χ0n) is 19.7. The van der Waals surface area contributed by atoms with E-state index < -0.39 is 21.0 Å². The van der Waals surface area contributed by atoms with Crippen molar-refractivity contribution in [3.05, 3.63) is 28.8 Å².